The van der Waals surface area contributed by atoms with Crippen molar-refractivity contribution in [3.63, 3.8) is 0 Å². The van der Waals surface area contributed by atoms with Gasteiger partial charge in [-0.25, -0.2) is 25.9 Å². The third-order valence-electron chi connectivity index (χ3n) is 7.64. The van der Waals surface area contributed by atoms with E-state index < -0.39 is 26.4 Å². The van der Waals surface area contributed by atoms with E-state index in [-0.39, 0.29) is 35.2 Å². The molecule has 6 rings (SSSR count). The monoisotopic (exact) mass is 579 g/mol. The summed E-state index contributed by atoms with van der Waals surface area (Å²) in [5, 5.41) is 4.92. The molecular weight excluding hydrogens is 552 g/mol. The number of allylic oxidation sites excluding steroid dienone is 2. The second-order valence-electron chi connectivity index (χ2n) is 10.3. The summed E-state index contributed by atoms with van der Waals surface area (Å²) < 4.78 is 70.8. The molecule has 0 saturated carbocycles. The van der Waals surface area contributed by atoms with E-state index >= 15 is 4.39 Å². The molecule has 3 heterocycles. The summed E-state index contributed by atoms with van der Waals surface area (Å²) in [5.41, 5.74) is 1.10. The highest BCUT2D eigenvalue weighted by molar-refractivity contribution is 7.91. The molecule has 2 unspecified atom stereocenters. The zero-order valence-corrected chi connectivity index (χ0v) is 23.0. The number of hydrogen-bond acceptors (Lipinski definition) is 6. The molecule has 4 aromatic rings. The molecule has 2 aromatic carbocycles. The molecule has 41 heavy (non-hydrogen) atoms. The van der Waals surface area contributed by atoms with E-state index in [1.54, 1.807) is 35.1 Å². The van der Waals surface area contributed by atoms with Crippen molar-refractivity contribution < 1.29 is 31.5 Å². The first-order valence-corrected chi connectivity index (χ1v) is 14.7. The first kappa shape index (κ1) is 27.1. The highest BCUT2D eigenvalue weighted by atomic mass is 32.2. The number of carbonyl (C=O) groups excluding carboxylic acids is 1. The van der Waals surface area contributed by atoms with Crippen LogP contribution in [0.5, 0.6) is 5.75 Å². The van der Waals surface area contributed by atoms with Gasteiger partial charge in [0.1, 0.15) is 22.5 Å². The van der Waals surface area contributed by atoms with E-state index in [4.69, 9.17) is 9.47 Å². The molecule has 0 radical (unpaired) electrons. The van der Waals surface area contributed by atoms with Gasteiger partial charge in [-0.3, -0.25) is 4.79 Å². The van der Waals surface area contributed by atoms with Crippen LogP contribution in [-0.4, -0.2) is 39.8 Å². The largest absolute Gasteiger partial charge is 0.455 e. The van der Waals surface area contributed by atoms with Crippen LogP contribution in [0.2, 0.25) is 0 Å². The Balaban J connectivity index is 1.32. The molecule has 0 bridgehead atoms. The van der Waals surface area contributed by atoms with Crippen molar-refractivity contribution in [1.82, 2.24) is 13.8 Å². The van der Waals surface area contributed by atoms with Crippen LogP contribution in [0.1, 0.15) is 49.2 Å². The van der Waals surface area contributed by atoms with Crippen LogP contribution in [0.15, 0.2) is 84.7 Å². The molecule has 1 saturated heterocycles. The summed E-state index contributed by atoms with van der Waals surface area (Å²) in [6, 6.07) is 11.8. The average Bonchev–Trinajstić information content (AvgIpc) is 3.65. The zero-order chi connectivity index (χ0) is 28.8. The van der Waals surface area contributed by atoms with Gasteiger partial charge in [0.25, 0.3) is 10.0 Å². The van der Waals surface area contributed by atoms with Gasteiger partial charge in [0.2, 0.25) is 0 Å². The van der Waals surface area contributed by atoms with Crippen molar-refractivity contribution in [3.8, 4) is 17.0 Å². The molecule has 2 aliphatic rings. The number of rotatable bonds is 7. The Labute approximate surface area is 235 Å². The van der Waals surface area contributed by atoms with Crippen LogP contribution in [0, 0.1) is 5.82 Å². The Kier molecular flexibility index (Phi) is 6.87. The summed E-state index contributed by atoms with van der Waals surface area (Å²) in [4.78, 5) is 11.4. The molecule has 0 spiro atoms. The van der Waals surface area contributed by atoms with Crippen LogP contribution in [0.4, 0.5) is 8.78 Å². The first-order valence-electron chi connectivity index (χ1n) is 13.2. The zero-order valence-electron chi connectivity index (χ0n) is 22.2. The molecule has 212 valence electrons. The van der Waals surface area contributed by atoms with Gasteiger partial charge in [-0.2, -0.15) is 5.10 Å². The van der Waals surface area contributed by atoms with E-state index in [9.17, 15) is 17.6 Å². The summed E-state index contributed by atoms with van der Waals surface area (Å²) in [7, 11) is -4.36. The van der Waals surface area contributed by atoms with E-state index in [2.05, 4.69) is 5.10 Å². The maximum atomic E-state index is 16.1. The fourth-order valence-corrected chi connectivity index (χ4v) is 6.98. The fourth-order valence-electron chi connectivity index (χ4n) is 5.27. The van der Waals surface area contributed by atoms with Gasteiger partial charge in [-0.1, -0.05) is 18.2 Å². The average molecular weight is 580 g/mol. The van der Waals surface area contributed by atoms with Crippen molar-refractivity contribution >= 4 is 27.2 Å². The number of aromatic nitrogens is 3. The van der Waals surface area contributed by atoms with Gasteiger partial charge >= 0.3 is 0 Å². The molecule has 2 atom stereocenters. The van der Waals surface area contributed by atoms with E-state index in [1.165, 1.54) is 49.5 Å². The quantitative estimate of drug-likeness (QED) is 0.238. The van der Waals surface area contributed by atoms with Crippen molar-refractivity contribution in [2.45, 2.75) is 43.6 Å². The molecule has 1 fully saturated rings. The lowest BCUT2D eigenvalue weighted by molar-refractivity contribution is -0.0393. The van der Waals surface area contributed by atoms with Crippen molar-refractivity contribution in [3.05, 3.63) is 96.0 Å². The van der Waals surface area contributed by atoms with E-state index in [0.717, 1.165) is 23.2 Å². The van der Waals surface area contributed by atoms with Crippen LogP contribution in [-0.2, 0) is 14.8 Å². The second-order valence-corrected chi connectivity index (χ2v) is 12.5. The molecule has 1 aliphatic carbocycles. The molecule has 2 aromatic heterocycles. The minimum atomic E-state index is -4.36. The number of ether oxygens (including phenoxy) is 2. The van der Waals surface area contributed by atoms with Crippen molar-refractivity contribution in [2.75, 3.05) is 6.61 Å². The Morgan fingerprint density at radius 3 is 2.76 bits per heavy atom. The molecule has 0 amide bonds. The molecule has 8 nitrogen and oxygen atoms in total. The van der Waals surface area contributed by atoms with Gasteiger partial charge in [-0.15, -0.1) is 0 Å². The van der Waals surface area contributed by atoms with Crippen LogP contribution in [0.3, 0.4) is 0 Å². The molecule has 11 heteroatoms. The Morgan fingerprint density at radius 2 is 1.98 bits per heavy atom. The maximum absolute atomic E-state index is 16.1. The van der Waals surface area contributed by atoms with Crippen molar-refractivity contribution in [2.24, 2.45) is 0 Å². The highest BCUT2D eigenvalue weighted by Gasteiger charge is 2.48. The smallest absolute Gasteiger partial charge is 0.251 e. The Morgan fingerprint density at radius 1 is 1.12 bits per heavy atom. The second kappa shape index (κ2) is 10.4. The summed E-state index contributed by atoms with van der Waals surface area (Å²) in [5.74, 6) is -1.71. The van der Waals surface area contributed by atoms with E-state index in [1.807, 2.05) is 0 Å². The predicted octanol–water partition coefficient (Wildman–Crippen LogP) is 6.31. The van der Waals surface area contributed by atoms with Gasteiger partial charge in [0.05, 0.1) is 11.2 Å². The minimum absolute atomic E-state index is 0.114. The normalized spacial score (nSPS) is 21.4. The van der Waals surface area contributed by atoms with Gasteiger partial charge < -0.3 is 9.47 Å². The lowest BCUT2D eigenvalue weighted by Crippen LogP contribution is -2.41. The van der Waals surface area contributed by atoms with Crippen LogP contribution >= 0.6 is 0 Å². The number of nitrogens with zero attached hydrogens (tertiary/aromatic N) is 3. The minimum Gasteiger partial charge on any atom is -0.455 e. The number of carbonyl (C=O) groups is 1. The standard InChI is InChI=1S/C30H27F2N3O5S/c1-30(41(37,38)35-16-12-22-20(19-36)6-4-7-26(22)35)14-5-8-27(29(30)32)40-21-10-11-24(31)23(18-21)25-13-15-34(33-25)28-9-2-3-17-39-28/h4-8,10-13,15-16,18-19,28H,2-3,9,14,17H2,1H3. The lowest BCUT2D eigenvalue weighted by Gasteiger charge is -2.30. The third-order valence-corrected chi connectivity index (χ3v) is 9.96. The van der Waals surface area contributed by atoms with Crippen LogP contribution < -0.4 is 4.74 Å². The van der Waals surface area contributed by atoms with Crippen molar-refractivity contribution in [1.29, 1.82) is 0 Å². The third kappa shape index (κ3) is 4.58. The number of aldehydes is 1. The summed E-state index contributed by atoms with van der Waals surface area (Å²) in [6.07, 6.45) is 9.02. The SMILES string of the molecule is CC1(S(=O)(=O)n2ccc3c(C=O)cccc32)CC=CC(Oc2ccc(F)c(-c3ccn(C4CCCCO4)n3)c2)=C1F. The lowest BCUT2D eigenvalue weighted by atomic mass is 9.99. The number of fused-ring (bicyclic) bond motifs is 1. The number of halogens is 2. The predicted molar refractivity (Wildman–Crippen MR) is 149 cm³/mol. The van der Waals surface area contributed by atoms with Gasteiger partial charge in [0, 0.05) is 35.5 Å². The highest BCUT2D eigenvalue weighted by Crippen LogP contribution is 2.41. The Hall–Kier alpha value is -4.09. The van der Waals surface area contributed by atoms with Gasteiger partial charge in [0.15, 0.2) is 17.9 Å². The molecule has 1 aliphatic heterocycles. The first-order chi connectivity index (χ1) is 19.7. The number of benzene rings is 2. The molecule has 0 N–H and O–H groups in total. The Bertz CT molecular complexity index is 1820. The van der Waals surface area contributed by atoms with Gasteiger partial charge in [-0.05, 0) is 75.1 Å². The number of hydrogen-bond donors (Lipinski definition) is 0. The summed E-state index contributed by atoms with van der Waals surface area (Å²) in [6.45, 7) is 1.93. The van der Waals surface area contributed by atoms with E-state index in [0.29, 0.717) is 29.5 Å². The molecular formula is C30H27F2N3O5S. The summed E-state index contributed by atoms with van der Waals surface area (Å²) >= 11 is 0. The van der Waals surface area contributed by atoms with Crippen LogP contribution in [0.25, 0.3) is 22.2 Å². The fraction of sp³-hybridized carbons (Fsp3) is 0.267. The topological polar surface area (TPSA) is 92.4 Å². The maximum Gasteiger partial charge on any atom is 0.251 e.